The number of carbonyl (C=O) groups excluding carboxylic acids is 1. The van der Waals surface area contributed by atoms with Gasteiger partial charge in [-0.05, 0) is 44.4 Å². The summed E-state index contributed by atoms with van der Waals surface area (Å²) in [6, 6.07) is 4.32. The number of nitrogens with zero attached hydrogens (tertiary/aromatic N) is 3. The average molecular weight is 374 g/mol. The molecule has 1 saturated heterocycles. The number of hydrogen-bond donors (Lipinski definition) is 1. The van der Waals surface area contributed by atoms with Crippen molar-refractivity contribution in [2.75, 3.05) is 13.7 Å². The number of rotatable bonds is 3. The van der Waals surface area contributed by atoms with Crippen molar-refractivity contribution in [2.24, 2.45) is 0 Å². The van der Waals surface area contributed by atoms with Gasteiger partial charge in [-0.3, -0.25) is 4.79 Å². The molecule has 4 rings (SSSR count). The van der Waals surface area contributed by atoms with Gasteiger partial charge in [-0.1, -0.05) is 11.3 Å². The quantitative estimate of drug-likeness (QED) is 0.756. The molecule has 1 aliphatic heterocycles. The van der Waals surface area contributed by atoms with Crippen LogP contribution in [0.2, 0.25) is 0 Å². The fraction of sp³-hybridized carbons (Fsp3) is 0.389. The standard InChI is InChI=1S/C18H19FN4O2S/c1-10-15(26-18(20-10)25-2)17(24)23-8-4-3-5-14(23)16-21-12-7-6-11(19)9-13(12)22-16/h6-7,9,14H,3-5,8H2,1-2H3,(H,21,22). The van der Waals surface area contributed by atoms with E-state index in [2.05, 4.69) is 15.0 Å². The maximum absolute atomic E-state index is 13.5. The zero-order valence-electron chi connectivity index (χ0n) is 14.6. The number of halogens is 1. The molecular weight excluding hydrogens is 355 g/mol. The smallest absolute Gasteiger partial charge is 0.273 e. The molecule has 1 N–H and O–H groups in total. The van der Waals surface area contributed by atoms with E-state index in [0.717, 1.165) is 19.3 Å². The highest BCUT2D eigenvalue weighted by Crippen LogP contribution is 2.34. The minimum Gasteiger partial charge on any atom is -0.473 e. The summed E-state index contributed by atoms with van der Waals surface area (Å²) in [4.78, 5) is 27.6. The largest absolute Gasteiger partial charge is 0.473 e. The number of hydrogen-bond acceptors (Lipinski definition) is 5. The Morgan fingerprint density at radius 2 is 2.23 bits per heavy atom. The van der Waals surface area contributed by atoms with Gasteiger partial charge < -0.3 is 14.6 Å². The molecule has 1 aliphatic rings. The van der Waals surface area contributed by atoms with Gasteiger partial charge >= 0.3 is 0 Å². The van der Waals surface area contributed by atoms with E-state index in [1.807, 2.05) is 11.8 Å². The molecule has 0 spiro atoms. The van der Waals surface area contributed by atoms with Crippen molar-refractivity contribution in [1.82, 2.24) is 19.9 Å². The first-order chi connectivity index (χ1) is 12.6. The number of likely N-dealkylation sites (tertiary alicyclic amines) is 1. The van der Waals surface area contributed by atoms with Crippen LogP contribution in [-0.2, 0) is 0 Å². The topological polar surface area (TPSA) is 71.1 Å². The molecule has 3 heterocycles. The Morgan fingerprint density at radius 3 is 3.00 bits per heavy atom. The van der Waals surface area contributed by atoms with E-state index in [4.69, 9.17) is 4.74 Å². The minimum absolute atomic E-state index is 0.0559. The summed E-state index contributed by atoms with van der Waals surface area (Å²) >= 11 is 1.26. The van der Waals surface area contributed by atoms with Crippen LogP contribution < -0.4 is 4.74 Å². The Balaban J connectivity index is 1.69. The minimum atomic E-state index is -0.309. The molecular formula is C18H19FN4O2S. The predicted molar refractivity (Wildman–Crippen MR) is 97.1 cm³/mol. The SMILES string of the molecule is COc1nc(C)c(C(=O)N2CCCCC2c2nc3ccc(F)cc3[nH]2)s1. The van der Waals surface area contributed by atoms with Gasteiger partial charge in [0.15, 0.2) is 0 Å². The van der Waals surface area contributed by atoms with Crippen LogP contribution in [0.15, 0.2) is 18.2 Å². The van der Waals surface area contributed by atoms with Gasteiger partial charge in [-0.2, -0.15) is 0 Å². The normalized spacial score (nSPS) is 17.7. The van der Waals surface area contributed by atoms with Crippen molar-refractivity contribution >= 4 is 28.3 Å². The Labute approximate surface area is 154 Å². The molecule has 0 radical (unpaired) electrons. The number of aromatic amines is 1. The number of benzene rings is 1. The number of piperidine rings is 1. The number of aryl methyl sites for hydroxylation is 1. The first-order valence-electron chi connectivity index (χ1n) is 8.54. The van der Waals surface area contributed by atoms with Crippen LogP contribution in [0, 0.1) is 12.7 Å². The monoisotopic (exact) mass is 374 g/mol. The second-order valence-electron chi connectivity index (χ2n) is 6.39. The predicted octanol–water partition coefficient (Wildman–Crippen LogP) is 3.84. The fourth-order valence-corrected chi connectivity index (χ4v) is 4.24. The number of fused-ring (bicyclic) bond motifs is 1. The third-order valence-corrected chi connectivity index (χ3v) is 5.79. The number of aromatic nitrogens is 3. The fourth-order valence-electron chi connectivity index (χ4n) is 3.41. The highest BCUT2D eigenvalue weighted by Gasteiger charge is 2.32. The lowest BCUT2D eigenvalue weighted by Gasteiger charge is -2.34. The molecule has 1 amide bonds. The summed E-state index contributed by atoms with van der Waals surface area (Å²) in [5.41, 5.74) is 2.02. The summed E-state index contributed by atoms with van der Waals surface area (Å²) in [7, 11) is 1.55. The Bertz CT molecular complexity index is 967. The molecule has 0 aliphatic carbocycles. The number of ether oxygens (including phenoxy) is 1. The Kier molecular flexibility index (Phi) is 4.36. The van der Waals surface area contributed by atoms with Crippen molar-refractivity contribution in [3.05, 3.63) is 40.4 Å². The van der Waals surface area contributed by atoms with Crippen LogP contribution in [0.25, 0.3) is 11.0 Å². The third kappa shape index (κ3) is 2.94. The van der Waals surface area contributed by atoms with Gasteiger partial charge in [0.25, 0.3) is 11.1 Å². The van der Waals surface area contributed by atoms with Crippen molar-refractivity contribution in [1.29, 1.82) is 0 Å². The number of H-pyrrole nitrogens is 1. The number of amides is 1. The van der Waals surface area contributed by atoms with Gasteiger partial charge in [0, 0.05) is 6.54 Å². The maximum Gasteiger partial charge on any atom is 0.273 e. The van der Waals surface area contributed by atoms with Gasteiger partial charge in [0.2, 0.25) is 0 Å². The van der Waals surface area contributed by atoms with E-state index >= 15 is 0 Å². The molecule has 26 heavy (non-hydrogen) atoms. The van der Waals surface area contributed by atoms with Gasteiger partial charge in [-0.15, -0.1) is 0 Å². The second-order valence-corrected chi connectivity index (χ2v) is 7.35. The van der Waals surface area contributed by atoms with E-state index in [0.29, 0.717) is 39.2 Å². The molecule has 0 bridgehead atoms. The highest BCUT2D eigenvalue weighted by atomic mass is 32.1. The summed E-state index contributed by atoms with van der Waals surface area (Å²) in [6.45, 7) is 2.48. The molecule has 2 aromatic heterocycles. The number of nitrogens with one attached hydrogen (secondary N) is 1. The summed E-state index contributed by atoms with van der Waals surface area (Å²) < 4.78 is 18.6. The molecule has 1 atom stereocenters. The summed E-state index contributed by atoms with van der Waals surface area (Å²) in [5.74, 6) is 0.337. The summed E-state index contributed by atoms with van der Waals surface area (Å²) in [5, 5.41) is 0.485. The van der Waals surface area contributed by atoms with Gasteiger partial charge in [0.1, 0.15) is 16.5 Å². The maximum atomic E-state index is 13.5. The summed E-state index contributed by atoms with van der Waals surface area (Å²) in [6.07, 6.45) is 2.79. The average Bonchev–Trinajstić information content (AvgIpc) is 3.23. The first-order valence-corrected chi connectivity index (χ1v) is 9.36. The lowest BCUT2D eigenvalue weighted by Crippen LogP contribution is -2.38. The van der Waals surface area contributed by atoms with E-state index in [-0.39, 0.29) is 17.8 Å². The molecule has 1 unspecified atom stereocenters. The van der Waals surface area contributed by atoms with Crippen molar-refractivity contribution in [3.63, 3.8) is 0 Å². The van der Waals surface area contributed by atoms with Gasteiger partial charge in [0.05, 0.1) is 29.9 Å². The lowest BCUT2D eigenvalue weighted by atomic mass is 10.0. The van der Waals surface area contributed by atoms with Gasteiger partial charge in [-0.25, -0.2) is 14.4 Å². The van der Waals surface area contributed by atoms with E-state index < -0.39 is 0 Å². The van der Waals surface area contributed by atoms with Crippen LogP contribution in [0.1, 0.15) is 46.5 Å². The number of thiazole rings is 1. The molecule has 6 nitrogen and oxygen atoms in total. The molecule has 0 saturated carbocycles. The van der Waals surface area contributed by atoms with Crippen molar-refractivity contribution in [3.8, 4) is 5.19 Å². The zero-order chi connectivity index (χ0) is 18.3. The van der Waals surface area contributed by atoms with Crippen molar-refractivity contribution in [2.45, 2.75) is 32.2 Å². The van der Waals surface area contributed by atoms with Crippen molar-refractivity contribution < 1.29 is 13.9 Å². The molecule has 1 aromatic carbocycles. The highest BCUT2D eigenvalue weighted by molar-refractivity contribution is 7.15. The number of carbonyl (C=O) groups is 1. The van der Waals surface area contributed by atoms with E-state index in [9.17, 15) is 9.18 Å². The van der Waals surface area contributed by atoms with Crippen LogP contribution in [0.5, 0.6) is 5.19 Å². The van der Waals surface area contributed by atoms with Crippen LogP contribution in [0.3, 0.4) is 0 Å². The van der Waals surface area contributed by atoms with E-state index in [1.54, 1.807) is 13.2 Å². The Hall–Kier alpha value is -2.48. The van der Waals surface area contributed by atoms with Crippen LogP contribution >= 0.6 is 11.3 Å². The lowest BCUT2D eigenvalue weighted by molar-refractivity contribution is 0.0605. The molecule has 136 valence electrons. The third-order valence-electron chi connectivity index (χ3n) is 4.69. The van der Waals surface area contributed by atoms with Crippen LogP contribution in [-0.4, -0.2) is 39.4 Å². The molecule has 3 aromatic rings. The van der Waals surface area contributed by atoms with E-state index in [1.165, 1.54) is 23.5 Å². The number of imidazole rings is 1. The molecule has 1 fully saturated rings. The zero-order valence-corrected chi connectivity index (χ0v) is 15.4. The first kappa shape index (κ1) is 17.0. The molecule has 8 heteroatoms. The number of methoxy groups -OCH3 is 1. The second kappa shape index (κ2) is 6.68. The van der Waals surface area contributed by atoms with Crippen LogP contribution in [0.4, 0.5) is 4.39 Å². The Morgan fingerprint density at radius 1 is 1.38 bits per heavy atom.